The minimum atomic E-state index is 0. The number of likely N-dealkylation sites (N-methyl/N-ethyl adjacent to an activating group) is 1. The molecule has 0 atom stereocenters. The predicted octanol–water partition coefficient (Wildman–Crippen LogP) is 2.24. The molecule has 1 fully saturated rings. The molecule has 1 aromatic rings. The van der Waals surface area contributed by atoms with Gasteiger partial charge in [0.2, 0.25) is 5.91 Å². The molecule has 17 heavy (non-hydrogen) atoms. The van der Waals surface area contributed by atoms with Crippen molar-refractivity contribution in [3.05, 3.63) is 29.8 Å². The van der Waals surface area contributed by atoms with Crippen LogP contribution in [0.5, 0.6) is 0 Å². The summed E-state index contributed by atoms with van der Waals surface area (Å²) < 4.78 is 0. The monoisotopic (exact) mass is 254 g/mol. The van der Waals surface area contributed by atoms with Gasteiger partial charge in [0.25, 0.3) is 0 Å². The van der Waals surface area contributed by atoms with E-state index in [1.165, 1.54) is 6.42 Å². The van der Waals surface area contributed by atoms with E-state index in [9.17, 15) is 4.79 Å². The molecule has 2 rings (SSSR count). The first-order valence-electron chi connectivity index (χ1n) is 5.77. The molecule has 1 aliphatic carbocycles. The van der Waals surface area contributed by atoms with Crippen LogP contribution in [0, 0.1) is 0 Å². The number of nitrogens with zero attached hydrogens (tertiary/aromatic N) is 1. The fraction of sp³-hybridized carbons (Fsp3) is 0.462. The van der Waals surface area contributed by atoms with Gasteiger partial charge in [-0.1, -0.05) is 12.1 Å². The summed E-state index contributed by atoms with van der Waals surface area (Å²) in [6, 6.07) is 7.99. The minimum Gasteiger partial charge on any atom is -0.399 e. The zero-order chi connectivity index (χ0) is 11.5. The number of hydrogen-bond acceptors (Lipinski definition) is 2. The van der Waals surface area contributed by atoms with Crippen molar-refractivity contribution < 1.29 is 4.79 Å². The van der Waals surface area contributed by atoms with E-state index >= 15 is 0 Å². The summed E-state index contributed by atoms with van der Waals surface area (Å²) in [7, 11) is 1.91. The first-order chi connectivity index (χ1) is 7.66. The normalized spacial score (nSPS) is 14.6. The van der Waals surface area contributed by atoms with Crippen LogP contribution in [0.15, 0.2) is 24.3 Å². The Kier molecular flexibility index (Phi) is 4.82. The highest BCUT2D eigenvalue weighted by molar-refractivity contribution is 5.85. The second-order valence-electron chi connectivity index (χ2n) is 4.51. The van der Waals surface area contributed by atoms with Gasteiger partial charge >= 0.3 is 0 Å². The fourth-order valence-electron chi connectivity index (χ4n) is 1.91. The smallest absolute Gasteiger partial charge is 0.226 e. The largest absolute Gasteiger partial charge is 0.399 e. The lowest BCUT2D eigenvalue weighted by Gasteiger charge is -2.34. The first-order valence-corrected chi connectivity index (χ1v) is 5.77. The van der Waals surface area contributed by atoms with Gasteiger partial charge in [-0.3, -0.25) is 4.79 Å². The van der Waals surface area contributed by atoms with E-state index in [4.69, 9.17) is 5.73 Å². The van der Waals surface area contributed by atoms with Gasteiger partial charge < -0.3 is 10.6 Å². The summed E-state index contributed by atoms with van der Waals surface area (Å²) in [5.41, 5.74) is 7.37. The van der Waals surface area contributed by atoms with Gasteiger partial charge in [0.1, 0.15) is 0 Å². The van der Waals surface area contributed by atoms with Crippen LogP contribution in [0.3, 0.4) is 0 Å². The van der Waals surface area contributed by atoms with Gasteiger partial charge in [-0.2, -0.15) is 0 Å². The number of amides is 1. The lowest BCUT2D eigenvalue weighted by Crippen LogP contribution is -2.42. The summed E-state index contributed by atoms with van der Waals surface area (Å²) in [5, 5.41) is 0. The molecule has 0 aliphatic heterocycles. The molecule has 1 saturated carbocycles. The maximum absolute atomic E-state index is 11.9. The number of carbonyl (C=O) groups excluding carboxylic acids is 1. The Morgan fingerprint density at radius 3 is 2.41 bits per heavy atom. The maximum Gasteiger partial charge on any atom is 0.226 e. The van der Waals surface area contributed by atoms with Crippen LogP contribution in [-0.2, 0) is 11.2 Å². The van der Waals surface area contributed by atoms with E-state index in [1.54, 1.807) is 0 Å². The zero-order valence-corrected chi connectivity index (χ0v) is 10.9. The SMILES string of the molecule is CN(C(=O)Cc1ccc(N)cc1)C1CCC1.Cl. The second-order valence-corrected chi connectivity index (χ2v) is 4.51. The number of nitrogen functional groups attached to an aromatic ring is 1. The number of rotatable bonds is 3. The molecule has 0 aromatic heterocycles. The Hall–Kier alpha value is -1.22. The number of halogens is 1. The highest BCUT2D eigenvalue weighted by Gasteiger charge is 2.25. The highest BCUT2D eigenvalue weighted by Crippen LogP contribution is 2.24. The third-order valence-electron chi connectivity index (χ3n) is 3.35. The summed E-state index contributed by atoms with van der Waals surface area (Å²) in [4.78, 5) is 13.8. The van der Waals surface area contributed by atoms with Crippen LogP contribution >= 0.6 is 12.4 Å². The minimum absolute atomic E-state index is 0. The third-order valence-corrected chi connectivity index (χ3v) is 3.35. The molecule has 4 heteroatoms. The second kappa shape index (κ2) is 5.92. The molecule has 0 unspecified atom stereocenters. The maximum atomic E-state index is 11.9. The average Bonchev–Trinajstić information content (AvgIpc) is 2.19. The summed E-state index contributed by atoms with van der Waals surface area (Å²) in [5.74, 6) is 0.203. The molecule has 0 heterocycles. The molecule has 0 saturated heterocycles. The number of nitrogens with two attached hydrogens (primary N) is 1. The molecule has 94 valence electrons. The summed E-state index contributed by atoms with van der Waals surface area (Å²) in [6.07, 6.45) is 4.05. The van der Waals surface area contributed by atoms with Crippen molar-refractivity contribution >= 4 is 24.0 Å². The van der Waals surface area contributed by atoms with E-state index in [0.717, 1.165) is 24.1 Å². The quantitative estimate of drug-likeness (QED) is 0.841. The van der Waals surface area contributed by atoms with Gasteiger partial charge in [0, 0.05) is 18.8 Å². The van der Waals surface area contributed by atoms with Crippen LogP contribution in [0.1, 0.15) is 24.8 Å². The van der Waals surface area contributed by atoms with Crippen molar-refractivity contribution in [3.63, 3.8) is 0 Å². The third kappa shape index (κ3) is 3.37. The van der Waals surface area contributed by atoms with E-state index in [0.29, 0.717) is 12.5 Å². The Morgan fingerprint density at radius 2 is 1.94 bits per heavy atom. The molecule has 3 nitrogen and oxygen atoms in total. The average molecular weight is 255 g/mol. The highest BCUT2D eigenvalue weighted by atomic mass is 35.5. The Bertz CT molecular complexity index is 374. The summed E-state index contributed by atoms with van der Waals surface area (Å²) in [6.45, 7) is 0. The number of hydrogen-bond donors (Lipinski definition) is 1. The van der Waals surface area contributed by atoms with Crippen molar-refractivity contribution in [2.75, 3.05) is 12.8 Å². The van der Waals surface area contributed by atoms with E-state index < -0.39 is 0 Å². The van der Waals surface area contributed by atoms with Gasteiger partial charge in [-0.15, -0.1) is 12.4 Å². The van der Waals surface area contributed by atoms with Crippen molar-refractivity contribution in [3.8, 4) is 0 Å². The number of benzene rings is 1. The van der Waals surface area contributed by atoms with Crippen LogP contribution in [0.25, 0.3) is 0 Å². The topological polar surface area (TPSA) is 46.3 Å². The Balaban J connectivity index is 0.00000144. The van der Waals surface area contributed by atoms with Gasteiger partial charge in [0.05, 0.1) is 6.42 Å². The first kappa shape index (κ1) is 13.8. The zero-order valence-electron chi connectivity index (χ0n) is 10.1. The molecule has 2 N–H and O–H groups in total. The number of anilines is 1. The van der Waals surface area contributed by atoms with Crippen molar-refractivity contribution in [1.82, 2.24) is 4.90 Å². The standard InChI is InChI=1S/C13H18N2O.ClH/c1-15(12-3-2-4-12)13(16)9-10-5-7-11(14)8-6-10;/h5-8,12H,2-4,9,14H2,1H3;1H. The van der Waals surface area contributed by atoms with E-state index in [1.807, 2.05) is 36.2 Å². The van der Waals surface area contributed by atoms with Crippen LogP contribution in [-0.4, -0.2) is 23.9 Å². The Morgan fingerprint density at radius 1 is 1.35 bits per heavy atom. The molecular formula is C13H19ClN2O. The molecule has 0 bridgehead atoms. The summed E-state index contributed by atoms with van der Waals surface area (Å²) >= 11 is 0. The lowest BCUT2D eigenvalue weighted by atomic mass is 9.91. The van der Waals surface area contributed by atoms with Crippen molar-refractivity contribution in [1.29, 1.82) is 0 Å². The van der Waals surface area contributed by atoms with Gasteiger partial charge in [-0.25, -0.2) is 0 Å². The van der Waals surface area contributed by atoms with Crippen LogP contribution < -0.4 is 5.73 Å². The van der Waals surface area contributed by atoms with Gasteiger partial charge in [-0.05, 0) is 37.0 Å². The fourth-order valence-corrected chi connectivity index (χ4v) is 1.91. The molecule has 1 amide bonds. The van der Waals surface area contributed by atoms with E-state index in [2.05, 4.69) is 0 Å². The van der Waals surface area contributed by atoms with Gasteiger partial charge in [0.15, 0.2) is 0 Å². The van der Waals surface area contributed by atoms with Crippen LogP contribution in [0.2, 0.25) is 0 Å². The number of carbonyl (C=O) groups is 1. The Labute approximate surface area is 108 Å². The van der Waals surface area contributed by atoms with Crippen LogP contribution in [0.4, 0.5) is 5.69 Å². The molecule has 0 radical (unpaired) electrons. The molecular weight excluding hydrogens is 236 g/mol. The lowest BCUT2D eigenvalue weighted by molar-refractivity contribution is -0.132. The van der Waals surface area contributed by atoms with Crippen molar-refractivity contribution in [2.24, 2.45) is 0 Å². The van der Waals surface area contributed by atoms with Crippen molar-refractivity contribution in [2.45, 2.75) is 31.7 Å². The van der Waals surface area contributed by atoms with E-state index in [-0.39, 0.29) is 18.3 Å². The predicted molar refractivity (Wildman–Crippen MR) is 72.2 cm³/mol. The molecule has 1 aromatic carbocycles. The molecule has 1 aliphatic rings. The molecule has 0 spiro atoms.